The van der Waals surface area contributed by atoms with Gasteiger partial charge in [-0.05, 0) is 43.5 Å². The van der Waals surface area contributed by atoms with Crippen molar-refractivity contribution < 1.29 is 8.95 Å². The lowest BCUT2D eigenvalue weighted by atomic mass is 9.77. The van der Waals surface area contributed by atoms with Crippen LogP contribution in [0.5, 0.6) is 0 Å². The zero-order valence-electron chi connectivity index (χ0n) is 29.2. The molecule has 6 aromatic rings. The lowest BCUT2D eigenvalue weighted by molar-refractivity contribution is 0.0816. The summed E-state index contributed by atoms with van der Waals surface area (Å²) in [6, 6.07) is 32.0. The summed E-state index contributed by atoms with van der Waals surface area (Å²) >= 11 is 0. The fraction of sp³-hybridized carbons (Fsp3) is 0.308. The van der Waals surface area contributed by atoms with Gasteiger partial charge in [-0.25, -0.2) is 18.6 Å². The molecule has 0 saturated carbocycles. The maximum absolute atomic E-state index is 13.9. The molecule has 254 valence electrons. The number of imidazole rings is 1. The summed E-state index contributed by atoms with van der Waals surface area (Å²) in [5, 5.41) is 5.57. The number of pyridine rings is 1. The molecule has 6 rings (SSSR count). The molecule has 3 aromatic carbocycles. The number of hydrogen-bond acceptors (Lipinski definition) is 5. The monoisotopic (exact) mass is 690 g/mol. The smallest absolute Gasteiger partial charge is 0.140 e. The molecule has 1 N–H and O–H groups in total. The number of ether oxygens (including phenoxy) is 1. The van der Waals surface area contributed by atoms with E-state index in [0.717, 1.165) is 39.2 Å². The fourth-order valence-corrected chi connectivity index (χ4v) is 7.70. The van der Waals surface area contributed by atoms with E-state index >= 15 is 0 Å². The Hall–Kier alpha value is -4.22. The third-order valence-electron chi connectivity index (χ3n) is 8.73. The lowest BCUT2D eigenvalue weighted by Crippen LogP contribution is -2.37. The molecule has 0 saturated heterocycles. The van der Waals surface area contributed by atoms with Gasteiger partial charge in [0.2, 0.25) is 0 Å². The van der Waals surface area contributed by atoms with E-state index in [0.29, 0.717) is 19.0 Å². The summed E-state index contributed by atoms with van der Waals surface area (Å²) in [4.78, 5) is 9.68. The first-order valence-electron chi connectivity index (χ1n) is 16.7. The van der Waals surface area contributed by atoms with Gasteiger partial charge >= 0.3 is 0 Å². The van der Waals surface area contributed by atoms with E-state index in [1.807, 2.05) is 68.6 Å². The van der Waals surface area contributed by atoms with Crippen molar-refractivity contribution in [1.29, 1.82) is 0 Å². The van der Waals surface area contributed by atoms with Crippen LogP contribution in [0.2, 0.25) is 25.7 Å². The molecule has 0 aliphatic heterocycles. The SMILES string of the molecule is CC(C)(C)[S@@](=O)N[C@H](c1cn(C(c2ccccc2)(c2ccccc2)c2ccccc2)cn1)c1cncc2cnn(COCC[Si](C)(C)C)c12. The van der Waals surface area contributed by atoms with Gasteiger partial charge in [0, 0.05) is 44.2 Å². The Labute approximate surface area is 293 Å². The Morgan fingerprint density at radius 1 is 0.837 bits per heavy atom. The van der Waals surface area contributed by atoms with E-state index in [-0.39, 0.29) is 0 Å². The van der Waals surface area contributed by atoms with Crippen molar-refractivity contribution in [1.82, 2.24) is 29.0 Å². The van der Waals surface area contributed by atoms with Crippen molar-refractivity contribution in [3.63, 3.8) is 0 Å². The summed E-state index contributed by atoms with van der Waals surface area (Å²) in [5.41, 5.74) is 4.97. The third kappa shape index (κ3) is 7.38. The first-order valence-corrected chi connectivity index (χ1v) is 21.6. The van der Waals surface area contributed by atoms with E-state index in [1.165, 1.54) is 0 Å². The predicted octanol–water partition coefficient (Wildman–Crippen LogP) is 7.92. The van der Waals surface area contributed by atoms with Crippen molar-refractivity contribution in [2.75, 3.05) is 6.61 Å². The van der Waals surface area contributed by atoms with E-state index in [4.69, 9.17) is 14.8 Å². The molecule has 3 aromatic heterocycles. The van der Waals surface area contributed by atoms with Gasteiger partial charge in [0.1, 0.15) is 12.3 Å². The second-order valence-electron chi connectivity index (χ2n) is 14.6. The number of benzene rings is 3. The highest BCUT2D eigenvalue weighted by molar-refractivity contribution is 7.84. The molecule has 0 amide bonds. The second kappa shape index (κ2) is 14.3. The maximum Gasteiger partial charge on any atom is 0.140 e. The van der Waals surface area contributed by atoms with Gasteiger partial charge in [-0.1, -0.05) is 111 Å². The van der Waals surface area contributed by atoms with Gasteiger partial charge in [0.05, 0.1) is 45.5 Å². The fourth-order valence-electron chi connectivity index (χ4n) is 6.13. The van der Waals surface area contributed by atoms with Gasteiger partial charge in [-0.2, -0.15) is 5.10 Å². The molecule has 2 atom stereocenters. The minimum atomic E-state index is -1.43. The first-order chi connectivity index (χ1) is 23.5. The molecule has 0 fully saturated rings. The number of aromatic nitrogens is 5. The van der Waals surface area contributed by atoms with Crippen LogP contribution in [-0.2, 0) is 28.0 Å². The van der Waals surface area contributed by atoms with Crippen molar-refractivity contribution in [3.8, 4) is 0 Å². The van der Waals surface area contributed by atoms with Gasteiger partial charge in [-0.3, -0.25) is 4.98 Å². The standard InChI is InChI=1S/C39H46N6O2SSi/c1-38(2,3)48(46)43-36(34-26-40-24-30-25-42-45(37(30)34)29-47-22-23-49(4,5)6)35-27-44(28-41-35)39(31-16-10-7-11-17-31,32-18-12-8-13-19-32)33-20-14-9-15-21-33/h7-21,24-28,36,43H,22-23,29H2,1-6H3/t36-,48+/m0/s1. The summed E-state index contributed by atoms with van der Waals surface area (Å²) in [7, 11) is -2.67. The molecule has 0 aliphatic rings. The summed E-state index contributed by atoms with van der Waals surface area (Å²) in [6.07, 6.45) is 9.43. The Balaban J connectivity index is 1.52. The van der Waals surface area contributed by atoms with Crippen LogP contribution in [0.1, 0.15) is 54.8 Å². The first kappa shape index (κ1) is 34.6. The number of hydrogen-bond donors (Lipinski definition) is 1. The molecule has 0 bridgehead atoms. The van der Waals surface area contributed by atoms with E-state index in [9.17, 15) is 4.21 Å². The summed E-state index contributed by atoms with van der Waals surface area (Å²) < 4.78 is 27.0. The zero-order chi connectivity index (χ0) is 34.6. The minimum absolute atomic E-state index is 0.313. The molecule has 0 spiro atoms. The number of rotatable bonds is 13. The predicted molar refractivity (Wildman–Crippen MR) is 201 cm³/mol. The van der Waals surface area contributed by atoms with Gasteiger partial charge in [0.15, 0.2) is 0 Å². The van der Waals surface area contributed by atoms with Crippen molar-refractivity contribution in [3.05, 3.63) is 150 Å². The Kier molecular flexibility index (Phi) is 10.1. The van der Waals surface area contributed by atoms with Crippen LogP contribution in [0.3, 0.4) is 0 Å². The molecule has 0 unspecified atom stereocenters. The molecule has 10 heteroatoms. The quantitative estimate of drug-likeness (QED) is 0.0756. The van der Waals surface area contributed by atoms with Crippen LogP contribution in [0.4, 0.5) is 0 Å². The van der Waals surface area contributed by atoms with Crippen LogP contribution in [0, 0.1) is 0 Å². The molecule has 0 radical (unpaired) electrons. The third-order valence-corrected chi connectivity index (χ3v) is 12.0. The summed E-state index contributed by atoms with van der Waals surface area (Å²) in [5.74, 6) is 0. The molecule has 3 heterocycles. The number of nitrogens with zero attached hydrogens (tertiary/aromatic N) is 5. The zero-order valence-corrected chi connectivity index (χ0v) is 31.0. The minimum Gasteiger partial charge on any atom is -0.360 e. The topological polar surface area (TPSA) is 86.9 Å². The largest absolute Gasteiger partial charge is 0.360 e. The van der Waals surface area contributed by atoms with Crippen molar-refractivity contribution in [2.24, 2.45) is 0 Å². The molecule has 8 nitrogen and oxygen atoms in total. The van der Waals surface area contributed by atoms with Gasteiger partial charge in [0.25, 0.3) is 0 Å². The van der Waals surface area contributed by atoms with Crippen LogP contribution in [-0.4, -0.2) is 48.0 Å². The number of nitrogens with one attached hydrogen (secondary N) is 1. The highest BCUT2D eigenvalue weighted by atomic mass is 32.2. The van der Waals surface area contributed by atoms with Crippen molar-refractivity contribution in [2.45, 2.75) is 69.5 Å². The molecular weight excluding hydrogens is 645 g/mol. The van der Waals surface area contributed by atoms with E-state index < -0.39 is 35.4 Å². The maximum atomic E-state index is 13.9. The Morgan fingerprint density at radius 3 is 1.94 bits per heavy atom. The average molecular weight is 691 g/mol. The Morgan fingerprint density at radius 2 is 1.41 bits per heavy atom. The van der Waals surface area contributed by atoms with E-state index in [1.54, 1.807) is 0 Å². The Bertz CT molecular complexity index is 1900. The molecular formula is C39H46N6O2SSi. The van der Waals surface area contributed by atoms with Crippen molar-refractivity contribution >= 4 is 30.0 Å². The van der Waals surface area contributed by atoms with E-state index in [2.05, 4.69) is 113 Å². The van der Waals surface area contributed by atoms with Crippen LogP contribution in [0.25, 0.3) is 10.9 Å². The summed E-state index contributed by atoms with van der Waals surface area (Å²) in [6.45, 7) is 13.9. The highest BCUT2D eigenvalue weighted by Crippen LogP contribution is 2.41. The lowest BCUT2D eigenvalue weighted by Gasteiger charge is -2.37. The molecule has 49 heavy (non-hydrogen) atoms. The highest BCUT2D eigenvalue weighted by Gasteiger charge is 2.39. The normalized spacial score (nSPS) is 13.8. The van der Waals surface area contributed by atoms with Crippen LogP contribution < -0.4 is 4.72 Å². The second-order valence-corrected chi connectivity index (χ2v) is 22.2. The van der Waals surface area contributed by atoms with Gasteiger partial charge in [-0.15, -0.1) is 0 Å². The number of fused-ring (bicyclic) bond motifs is 1. The average Bonchev–Trinajstić information content (AvgIpc) is 3.75. The van der Waals surface area contributed by atoms with Crippen LogP contribution in [0.15, 0.2) is 122 Å². The van der Waals surface area contributed by atoms with Crippen LogP contribution >= 0.6 is 0 Å². The van der Waals surface area contributed by atoms with Gasteiger partial charge < -0.3 is 9.30 Å². The molecule has 0 aliphatic carbocycles.